The molecule has 0 unspecified atom stereocenters. The molecule has 2 N–H and O–H groups in total. The van der Waals surface area contributed by atoms with Crippen molar-refractivity contribution in [1.29, 1.82) is 0 Å². The van der Waals surface area contributed by atoms with Crippen molar-refractivity contribution in [3.8, 4) is 5.75 Å². The summed E-state index contributed by atoms with van der Waals surface area (Å²) in [6.45, 7) is 3.81. The number of carbonyl (C=O) groups excluding carboxylic acids is 1. The van der Waals surface area contributed by atoms with Crippen molar-refractivity contribution in [2.45, 2.75) is 39.2 Å². The maximum Gasteiger partial charge on any atom is 0.326 e. The molecule has 0 saturated carbocycles. The fourth-order valence-corrected chi connectivity index (χ4v) is 1.88. The monoisotopic (exact) mass is 297 g/mol. The summed E-state index contributed by atoms with van der Waals surface area (Å²) in [5, 5.41) is 11.5. The second kappa shape index (κ2) is 8.24. The van der Waals surface area contributed by atoms with E-state index in [4.69, 9.17) is 9.84 Å². The van der Waals surface area contributed by atoms with Gasteiger partial charge in [-0.05, 0) is 25.5 Å². The number of aliphatic carboxylic acids is 1. The Morgan fingerprint density at radius 1 is 1.38 bits per heavy atom. The fourth-order valence-electron chi connectivity index (χ4n) is 1.88. The normalized spacial score (nSPS) is 11.8. The molecule has 0 fully saturated rings. The number of unbranched alkanes of at least 4 members (excludes halogenated alkanes) is 1. The number of amides is 1. The van der Waals surface area contributed by atoms with Gasteiger partial charge in [-0.25, -0.2) is 9.18 Å². The molecule has 0 aliphatic rings. The molecule has 116 valence electrons. The van der Waals surface area contributed by atoms with Gasteiger partial charge in [-0.15, -0.1) is 0 Å². The highest BCUT2D eigenvalue weighted by Gasteiger charge is 2.23. The van der Waals surface area contributed by atoms with Gasteiger partial charge in [0.1, 0.15) is 6.04 Å². The van der Waals surface area contributed by atoms with Crippen LogP contribution in [0.25, 0.3) is 0 Å². The number of ether oxygens (including phenoxy) is 1. The second-order valence-corrected chi connectivity index (χ2v) is 4.56. The lowest BCUT2D eigenvalue weighted by atomic mass is 10.1. The van der Waals surface area contributed by atoms with E-state index in [0.29, 0.717) is 12.8 Å². The van der Waals surface area contributed by atoms with Gasteiger partial charge in [-0.3, -0.25) is 4.79 Å². The van der Waals surface area contributed by atoms with Gasteiger partial charge in [0.25, 0.3) is 5.91 Å². The van der Waals surface area contributed by atoms with Crippen molar-refractivity contribution in [3.63, 3.8) is 0 Å². The van der Waals surface area contributed by atoms with E-state index in [9.17, 15) is 14.0 Å². The van der Waals surface area contributed by atoms with Gasteiger partial charge in [0.2, 0.25) is 0 Å². The Hall–Kier alpha value is -2.11. The SMILES string of the molecule is CCCC[C@H](NC(=O)c1cccc(F)c1OCC)C(=O)O. The summed E-state index contributed by atoms with van der Waals surface area (Å²) >= 11 is 0. The molecule has 1 aromatic rings. The van der Waals surface area contributed by atoms with Crippen LogP contribution < -0.4 is 10.1 Å². The molecule has 5 nitrogen and oxygen atoms in total. The molecule has 1 rings (SSSR count). The minimum absolute atomic E-state index is 0.000372. The molecular formula is C15H20FNO4. The van der Waals surface area contributed by atoms with Crippen LogP contribution in [0.1, 0.15) is 43.5 Å². The van der Waals surface area contributed by atoms with E-state index >= 15 is 0 Å². The number of carbonyl (C=O) groups is 2. The third kappa shape index (κ3) is 4.73. The number of rotatable bonds is 8. The number of halogens is 1. The minimum atomic E-state index is -1.11. The fraction of sp³-hybridized carbons (Fsp3) is 0.467. The van der Waals surface area contributed by atoms with Gasteiger partial charge in [0, 0.05) is 0 Å². The van der Waals surface area contributed by atoms with E-state index in [1.807, 2.05) is 6.92 Å². The van der Waals surface area contributed by atoms with E-state index < -0.39 is 23.7 Å². The number of benzene rings is 1. The quantitative estimate of drug-likeness (QED) is 0.773. The van der Waals surface area contributed by atoms with E-state index in [-0.39, 0.29) is 17.9 Å². The highest BCUT2D eigenvalue weighted by atomic mass is 19.1. The van der Waals surface area contributed by atoms with Gasteiger partial charge < -0.3 is 15.2 Å². The summed E-state index contributed by atoms with van der Waals surface area (Å²) in [5.74, 6) is -2.56. The Labute approximate surface area is 123 Å². The van der Waals surface area contributed by atoms with E-state index in [1.54, 1.807) is 6.92 Å². The van der Waals surface area contributed by atoms with Crippen molar-refractivity contribution in [2.75, 3.05) is 6.61 Å². The van der Waals surface area contributed by atoms with Gasteiger partial charge >= 0.3 is 5.97 Å². The molecule has 1 aromatic carbocycles. The zero-order valence-electron chi connectivity index (χ0n) is 12.2. The Bertz CT molecular complexity index is 504. The second-order valence-electron chi connectivity index (χ2n) is 4.56. The molecule has 1 amide bonds. The van der Waals surface area contributed by atoms with Gasteiger partial charge in [-0.1, -0.05) is 25.8 Å². The molecule has 1 atom stereocenters. The average Bonchev–Trinajstić information content (AvgIpc) is 2.45. The smallest absolute Gasteiger partial charge is 0.326 e. The van der Waals surface area contributed by atoms with Crippen LogP contribution in [-0.2, 0) is 4.79 Å². The molecule has 0 radical (unpaired) electrons. The summed E-state index contributed by atoms with van der Waals surface area (Å²) in [4.78, 5) is 23.3. The van der Waals surface area contributed by atoms with E-state index in [2.05, 4.69) is 5.32 Å². The highest BCUT2D eigenvalue weighted by molar-refractivity contribution is 5.99. The van der Waals surface area contributed by atoms with Gasteiger partial charge in [0.05, 0.1) is 12.2 Å². The highest BCUT2D eigenvalue weighted by Crippen LogP contribution is 2.22. The first-order chi connectivity index (χ1) is 10.0. The lowest BCUT2D eigenvalue weighted by molar-refractivity contribution is -0.139. The molecule has 0 aromatic heterocycles. The first kappa shape index (κ1) is 16.9. The molecule has 21 heavy (non-hydrogen) atoms. The first-order valence-electron chi connectivity index (χ1n) is 6.96. The number of hydrogen-bond donors (Lipinski definition) is 2. The molecule has 0 spiro atoms. The minimum Gasteiger partial charge on any atom is -0.490 e. The molecule has 6 heteroatoms. The van der Waals surface area contributed by atoms with E-state index in [1.165, 1.54) is 18.2 Å². The molecular weight excluding hydrogens is 277 g/mol. The predicted octanol–water partition coefficient (Wildman–Crippen LogP) is 2.60. The molecule has 0 saturated heterocycles. The number of para-hydroxylation sites is 1. The van der Waals surface area contributed by atoms with Crippen LogP contribution in [0.5, 0.6) is 5.75 Å². The number of hydrogen-bond acceptors (Lipinski definition) is 3. The standard InChI is InChI=1S/C15H20FNO4/c1-3-5-9-12(15(19)20)17-14(18)10-7-6-8-11(16)13(10)21-4-2/h6-8,12H,3-5,9H2,1-2H3,(H,17,18)(H,19,20)/t12-/m0/s1. The lowest BCUT2D eigenvalue weighted by Crippen LogP contribution is -2.40. The molecule has 0 bridgehead atoms. The van der Waals surface area contributed by atoms with E-state index in [0.717, 1.165) is 6.42 Å². The van der Waals surface area contributed by atoms with Crippen LogP contribution in [0.15, 0.2) is 18.2 Å². The third-order valence-electron chi connectivity index (χ3n) is 2.95. The average molecular weight is 297 g/mol. The maximum absolute atomic E-state index is 13.7. The van der Waals surface area contributed by atoms with Crippen LogP contribution in [0.3, 0.4) is 0 Å². The predicted molar refractivity (Wildman–Crippen MR) is 76.0 cm³/mol. The molecule has 0 aliphatic carbocycles. The van der Waals surface area contributed by atoms with Crippen molar-refractivity contribution in [2.24, 2.45) is 0 Å². The number of carboxylic acids is 1. The zero-order chi connectivity index (χ0) is 15.8. The largest absolute Gasteiger partial charge is 0.490 e. The zero-order valence-corrected chi connectivity index (χ0v) is 12.2. The van der Waals surface area contributed by atoms with Crippen LogP contribution in [0.2, 0.25) is 0 Å². The number of nitrogens with one attached hydrogen (secondary N) is 1. The summed E-state index contributed by atoms with van der Waals surface area (Å²) in [7, 11) is 0. The van der Waals surface area contributed by atoms with Crippen molar-refractivity contribution in [1.82, 2.24) is 5.32 Å². The third-order valence-corrected chi connectivity index (χ3v) is 2.95. The molecule has 0 heterocycles. The summed E-state index contributed by atoms with van der Waals surface area (Å²) in [5.41, 5.74) is -0.000372. The van der Waals surface area contributed by atoms with Crippen molar-refractivity contribution < 1.29 is 23.8 Å². The van der Waals surface area contributed by atoms with Crippen LogP contribution >= 0.6 is 0 Å². The van der Waals surface area contributed by atoms with Crippen LogP contribution in [-0.4, -0.2) is 29.6 Å². The summed E-state index contributed by atoms with van der Waals surface area (Å²) < 4.78 is 18.8. The van der Waals surface area contributed by atoms with Crippen molar-refractivity contribution >= 4 is 11.9 Å². The summed E-state index contributed by atoms with van der Waals surface area (Å²) in [6.07, 6.45) is 1.83. The van der Waals surface area contributed by atoms with Crippen LogP contribution in [0, 0.1) is 5.82 Å². The van der Waals surface area contributed by atoms with Crippen molar-refractivity contribution in [3.05, 3.63) is 29.6 Å². The number of carboxylic acid groups (broad SMARTS) is 1. The maximum atomic E-state index is 13.7. The lowest BCUT2D eigenvalue weighted by Gasteiger charge is -2.16. The Kier molecular flexibility index (Phi) is 6.65. The first-order valence-corrected chi connectivity index (χ1v) is 6.96. The topological polar surface area (TPSA) is 75.6 Å². The Balaban J connectivity index is 2.92. The van der Waals surface area contributed by atoms with Gasteiger partial charge in [-0.2, -0.15) is 0 Å². The summed E-state index contributed by atoms with van der Waals surface area (Å²) in [6, 6.07) is 2.99. The van der Waals surface area contributed by atoms with Crippen LogP contribution in [0.4, 0.5) is 4.39 Å². The van der Waals surface area contributed by atoms with Gasteiger partial charge in [0.15, 0.2) is 11.6 Å². The molecule has 0 aliphatic heterocycles. The Morgan fingerprint density at radius 2 is 2.10 bits per heavy atom. The Morgan fingerprint density at radius 3 is 2.67 bits per heavy atom.